The van der Waals surface area contributed by atoms with Crippen LogP contribution in [0.2, 0.25) is 0 Å². The van der Waals surface area contributed by atoms with Crippen molar-refractivity contribution in [3.05, 3.63) is 65.5 Å². The molecule has 1 aliphatic rings. The minimum Gasteiger partial charge on any atom is -0.399 e. The first kappa shape index (κ1) is 25.4. The van der Waals surface area contributed by atoms with Crippen LogP contribution in [0.5, 0.6) is 5.75 Å². The van der Waals surface area contributed by atoms with Gasteiger partial charge in [0.25, 0.3) is 0 Å². The molecular formula is C28H28F6O. The van der Waals surface area contributed by atoms with Crippen molar-refractivity contribution < 1.29 is 31.1 Å². The number of benzene rings is 3. The van der Waals surface area contributed by atoms with Crippen LogP contribution in [0.15, 0.2) is 42.5 Å². The maximum absolute atomic E-state index is 15.1. The summed E-state index contributed by atoms with van der Waals surface area (Å²) in [5.41, 5.74) is 1.59. The summed E-state index contributed by atoms with van der Waals surface area (Å²) in [6.07, 6.45) is 4.16. The molecule has 0 bridgehead atoms. The minimum absolute atomic E-state index is 0.0110. The standard InChI is InChI=1S/C28H28F6O/c1-2-3-4-5-17-6-8-18(9-7-17)19-10-12-22(24(29)15-19)20-11-13-23-21(14-20)16-25(30)27(26(23)31)35-28(32,33)34/h10-18H,2-9H2,1H3. The third-order valence-corrected chi connectivity index (χ3v) is 7.04. The van der Waals surface area contributed by atoms with Crippen LogP contribution in [-0.4, -0.2) is 6.36 Å². The van der Waals surface area contributed by atoms with Crippen molar-refractivity contribution in [2.24, 2.45) is 5.92 Å². The van der Waals surface area contributed by atoms with Gasteiger partial charge in [-0.25, -0.2) is 13.2 Å². The zero-order valence-corrected chi connectivity index (χ0v) is 19.5. The zero-order chi connectivity index (χ0) is 25.2. The topological polar surface area (TPSA) is 9.23 Å². The summed E-state index contributed by atoms with van der Waals surface area (Å²) in [6, 6.07) is 9.81. The van der Waals surface area contributed by atoms with Crippen LogP contribution in [0.3, 0.4) is 0 Å². The van der Waals surface area contributed by atoms with Gasteiger partial charge in [0.15, 0.2) is 11.6 Å². The highest BCUT2D eigenvalue weighted by Gasteiger charge is 2.34. The normalized spacial score (nSPS) is 18.7. The largest absolute Gasteiger partial charge is 0.573 e. The molecule has 0 aliphatic heterocycles. The van der Waals surface area contributed by atoms with Gasteiger partial charge >= 0.3 is 6.36 Å². The average molecular weight is 495 g/mol. The summed E-state index contributed by atoms with van der Waals surface area (Å²) in [4.78, 5) is 0. The van der Waals surface area contributed by atoms with Crippen molar-refractivity contribution in [3.63, 3.8) is 0 Å². The Morgan fingerprint density at radius 2 is 1.60 bits per heavy atom. The number of alkyl halides is 3. The number of unbranched alkanes of at least 4 members (excludes halogenated alkanes) is 2. The Kier molecular flexibility index (Phi) is 7.62. The van der Waals surface area contributed by atoms with Crippen molar-refractivity contribution in [1.29, 1.82) is 0 Å². The Hall–Kier alpha value is -2.70. The summed E-state index contributed by atoms with van der Waals surface area (Å²) in [7, 11) is 0. The molecule has 0 radical (unpaired) electrons. The first-order chi connectivity index (χ1) is 16.7. The maximum atomic E-state index is 15.1. The van der Waals surface area contributed by atoms with Gasteiger partial charge in [-0.05, 0) is 72.2 Å². The second-order valence-corrected chi connectivity index (χ2v) is 9.44. The molecular weight excluding hydrogens is 466 g/mol. The van der Waals surface area contributed by atoms with Gasteiger partial charge in [0.2, 0.25) is 5.75 Å². The van der Waals surface area contributed by atoms with Crippen LogP contribution in [0.4, 0.5) is 26.3 Å². The smallest absolute Gasteiger partial charge is 0.399 e. The second-order valence-electron chi connectivity index (χ2n) is 9.44. The van der Waals surface area contributed by atoms with Crippen molar-refractivity contribution in [1.82, 2.24) is 0 Å². The molecule has 0 heterocycles. The molecule has 7 heteroatoms. The summed E-state index contributed by atoms with van der Waals surface area (Å²) in [5, 5.41) is -0.237. The molecule has 1 aliphatic carbocycles. The molecule has 188 valence electrons. The fourth-order valence-corrected chi connectivity index (χ4v) is 5.17. The number of hydrogen-bond acceptors (Lipinski definition) is 1. The average Bonchev–Trinajstić information content (AvgIpc) is 2.81. The fraction of sp³-hybridized carbons (Fsp3) is 0.429. The quantitative estimate of drug-likeness (QED) is 0.235. The molecule has 35 heavy (non-hydrogen) atoms. The Balaban J connectivity index is 1.53. The van der Waals surface area contributed by atoms with E-state index in [0.717, 1.165) is 43.2 Å². The van der Waals surface area contributed by atoms with Crippen molar-refractivity contribution >= 4 is 10.8 Å². The Morgan fingerprint density at radius 1 is 0.857 bits per heavy atom. The van der Waals surface area contributed by atoms with Crippen LogP contribution in [0.25, 0.3) is 21.9 Å². The van der Waals surface area contributed by atoms with Crippen molar-refractivity contribution in [2.45, 2.75) is 70.6 Å². The van der Waals surface area contributed by atoms with E-state index in [1.54, 1.807) is 6.07 Å². The van der Waals surface area contributed by atoms with Crippen LogP contribution >= 0.6 is 0 Å². The molecule has 0 atom stereocenters. The van der Waals surface area contributed by atoms with E-state index in [1.807, 2.05) is 6.07 Å². The van der Waals surface area contributed by atoms with Gasteiger partial charge in [-0.3, -0.25) is 0 Å². The lowest BCUT2D eigenvalue weighted by atomic mass is 9.77. The molecule has 0 amide bonds. The summed E-state index contributed by atoms with van der Waals surface area (Å²) in [5.74, 6) is -3.82. The minimum atomic E-state index is -5.23. The monoisotopic (exact) mass is 494 g/mol. The lowest BCUT2D eigenvalue weighted by Crippen LogP contribution is -2.19. The number of ether oxygens (including phenoxy) is 1. The first-order valence-corrected chi connectivity index (χ1v) is 12.1. The molecule has 0 spiro atoms. The highest BCUT2D eigenvalue weighted by atomic mass is 19.4. The van der Waals surface area contributed by atoms with Crippen LogP contribution < -0.4 is 4.74 Å². The molecule has 0 saturated heterocycles. The van der Waals surface area contributed by atoms with Gasteiger partial charge in [0.1, 0.15) is 5.82 Å². The van der Waals surface area contributed by atoms with Gasteiger partial charge in [-0.1, -0.05) is 56.9 Å². The van der Waals surface area contributed by atoms with Crippen LogP contribution in [-0.2, 0) is 0 Å². The first-order valence-electron chi connectivity index (χ1n) is 12.1. The molecule has 3 aromatic carbocycles. The Morgan fingerprint density at radius 3 is 2.26 bits per heavy atom. The number of rotatable bonds is 7. The van der Waals surface area contributed by atoms with E-state index in [2.05, 4.69) is 11.7 Å². The molecule has 1 fully saturated rings. The lowest BCUT2D eigenvalue weighted by Gasteiger charge is -2.29. The maximum Gasteiger partial charge on any atom is 0.573 e. The fourth-order valence-electron chi connectivity index (χ4n) is 5.17. The third-order valence-electron chi connectivity index (χ3n) is 7.04. The van der Waals surface area contributed by atoms with E-state index in [-0.39, 0.29) is 16.3 Å². The molecule has 0 unspecified atom stereocenters. The van der Waals surface area contributed by atoms with Crippen molar-refractivity contribution in [3.8, 4) is 16.9 Å². The number of halogens is 6. The van der Waals surface area contributed by atoms with Gasteiger partial charge in [-0.15, -0.1) is 13.2 Å². The highest BCUT2D eigenvalue weighted by molar-refractivity contribution is 5.89. The Bertz CT molecular complexity index is 1180. The summed E-state index contributed by atoms with van der Waals surface area (Å²) in [6.45, 7) is 2.20. The summed E-state index contributed by atoms with van der Waals surface area (Å²) >= 11 is 0. The predicted molar refractivity (Wildman–Crippen MR) is 125 cm³/mol. The van der Waals surface area contributed by atoms with Gasteiger partial charge < -0.3 is 4.74 Å². The number of fused-ring (bicyclic) bond motifs is 1. The molecule has 0 N–H and O–H groups in total. The zero-order valence-electron chi connectivity index (χ0n) is 19.5. The van der Waals surface area contributed by atoms with Gasteiger partial charge in [-0.2, -0.15) is 0 Å². The second kappa shape index (κ2) is 10.5. The molecule has 0 aromatic heterocycles. The van der Waals surface area contributed by atoms with E-state index in [4.69, 9.17) is 0 Å². The van der Waals surface area contributed by atoms with Gasteiger partial charge in [0, 0.05) is 10.9 Å². The van der Waals surface area contributed by atoms with E-state index in [9.17, 15) is 22.0 Å². The molecule has 1 nitrogen and oxygen atoms in total. The van der Waals surface area contributed by atoms with E-state index in [0.29, 0.717) is 11.5 Å². The van der Waals surface area contributed by atoms with Gasteiger partial charge in [0.05, 0.1) is 0 Å². The molecule has 1 saturated carbocycles. The van der Waals surface area contributed by atoms with E-state index in [1.165, 1.54) is 49.9 Å². The number of hydrogen-bond donors (Lipinski definition) is 0. The molecule has 3 aromatic rings. The van der Waals surface area contributed by atoms with E-state index < -0.39 is 29.6 Å². The van der Waals surface area contributed by atoms with Crippen LogP contribution in [0.1, 0.15) is 69.8 Å². The predicted octanol–water partition coefficient (Wildman–Crippen LogP) is 9.68. The lowest BCUT2D eigenvalue weighted by molar-refractivity contribution is -0.276. The third kappa shape index (κ3) is 5.93. The van der Waals surface area contributed by atoms with E-state index >= 15 is 4.39 Å². The summed E-state index contributed by atoms with van der Waals surface area (Å²) < 4.78 is 84.7. The van der Waals surface area contributed by atoms with Crippen molar-refractivity contribution in [2.75, 3.05) is 0 Å². The molecule has 4 rings (SSSR count). The SMILES string of the molecule is CCCCCC1CCC(c2ccc(-c3ccc4c(F)c(OC(F)(F)F)c(F)cc4c3)c(F)c2)CC1. The highest BCUT2D eigenvalue weighted by Crippen LogP contribution is 2.40. The van der Waals surface area contributed by atoms with Crippen LogP contribution in [0, 0.1) is 23.4 Å². The Labute approximate surface area is 201 Å².